The molecule has 3 aromatic heterocycles. The predicted molar refractivity (Wildman–Crippen MR) is 156 cm³/mol. The minimum atomic E-state index is 0.446. The van der Waals surface area contributed by atoms with E-state index in [-0.39, 0.29) is 0 Å². The third-order valence-electron chi connectivity index (χ3n) is 4.72. The number of hydrogen-bond donors (Lipinski definition) is 1. The van der Waals surface area contributed by atoms with Gasteiger partial charge in [0.2, 0.25) is 0 Å². The normalized spacial score (nSPS) is 10.7. The number of benzene rings is 1. The van der Waals surface area contributed by atoms with Crippen molar-refractivity contribution in [2.24, 2.45) is 7.05 Å². The molecule has 4 aromatic rings. The quantitative estimate of drug-likeness (QED) is 0.106. The highest BCUT2D eigenvalue weighted by molar-refractivity contribution is 14.2. The third kappa shape index (κ3) is 6.21. The Balaban J connectivity index is 0.000000914. The van der Waals surface area contributed by atoms with Crippen LogP contribution in [0.2, 0.25) is 5.15 Å². The van der Waals surface area contributed by atoms with E-state index < -0.39 is 0 Å². The number of imidazole rings is 1. The van der Waals surface area contributed by atoms with Crippen LogP contribution in [0.25, 0.3) is 22.4 Å². The van der Waals surface area contributed by atoms with Crippen LogP contribution in [0.4, 0.5) is 11.4 Å². The van der Waals surface area contributed by atoms with Crippen LogP contribution in [-0.4, -0.2) is 30.3 Å². The molecule has 0 bridgehead atoms. The zero-order valence-corrected chi connectivity index (χ0v) is 25.0. The van der Waals surface area contributed by atoms with Crippen LogP contribution in [0.15, 0.2) is 35.2 Å². The highest BCUT2D eigenvalue weighted by atomic mass is 127. The van der Waals surface area contributed by atoms with E-state index in [4.69, 9.17) is 16.6 Å². The van der Waals surface area contributed by atoms with Gasteiger partial charge >= 0.3 is 0 Å². The molecule has 0 fully saturated rings. The fraction of sp³-hybridized carbons (Fsp3) is 0.348. The van der Waals surface area contributed by atoms with Gasteiger partial charge in [0.05, 0.1) is 23.4 Å². The van der Waals surface area contributed by atoms with Gasteiger partial charge in [-0.2, -0.15) is 5.10 Å². The molecule has 1 atom stereocenters. The SMILES string of the molecule is CC.CC.CSc1cc(-c2cc(C)n(C)n2)ccc1Nc1cc(Cl)nc2c1nc(C)n2PI. The molecular formula is C23H31ClIN6PS. The topological polar surface area (TPSA) is 60.6 Å². The number of anilines is 2. The highest BCUT2D eigenvalue weighted by Gasteiger charge is 2.16. The summed E-state index contributed by atoms with van der Waals surface area (Å²) in [6.45, 7) is 12.0. The molecule has 0 radical (unpaired) electrons. The molecular weight excluding hydrogens is 586 g/mol. The van der Waals surface area contributed by atoms with E-state index in [9.17, 15) is 0 Å². The first-order chi connectivity index (χ1) is 15.9. The van der Waals surface area contributed by atoms with E-state index in [1.54, 1.807) is 11.8 Å². The molecule has 1 N–H and O–H groups in total. The Kier molecular flexibility index (Phi) is 10.9. The minimum absolute atomic E-state index is 0.446. The molecule has 3 heterocycles. The Morgan fingerprint density at radius 1 is 1.03 bits per heavy atom. The maximum atomic E-state index is 6.32. The van der Waals surface area contributed by atoms with E-state index in [0.717, 1.165) is 50.2 Å². The molecule has 0 saturated heterocycles. The number of hydrogen-bond acceptors (Lipinski definition) is 5. The first-order valence-corrected chi connectivity index (χ1v) is 16.5. The molecule has 1 aromatic carbocycles. The van der Waals surface area contributed by atoms with Crippen LogP contribution in [0.5, 0.6) is 0 Å². The second-order valence-electron chi connectivity index (χ2n) is 6.58. The number of halogens is 2. The number of nitrogens with zero attached hydrogens (tertiary/aromatic N) is 5. The number of rotatable bonds is 5. The molecule has 0 spiro atoms. The van der Waals surface area contributed by atoms with Crippen molar-refractivity contribution in [2.45, 2.75) is 46.4 Å². The summed E-state index contributed by atoms with van der Waals surface area (Å²) < 4.78 is 3.97. The number of fused-ring (bicyclic) bond motifs is 1. The second kappa shape index (κ2) is 12.9. The minimum Gasteiger partial charge on any atom is -0.353 e. The molecule has 0 aliphatic rings. The van der Waals surface area contributed by atoms with Gasteiger partial charge in [-0.05, 0) is 60.3 Å². The number of nitrogens with one attached hydrogen (secondary N) is 1. The molecule has 6 nitrogen and oxygen atoms in total. The lowest BCUT2D eigenvalue weighted by molar-refractivity contribution is 0.743. The molecule has 1 unspecified atom stereocenters. The zero-order chi connectivity index (χ0) is 24.7. The predicted octanol–water partition coefficient (Wildman–Crippen LogP) is 8.41. The number of aryl methyl sites for hydroxylation is 3. The van der Waals surface area contributed by atoms with Crippen LogP contribution < -0.4 is 5.32 Å². The van der Waals surface area contributed by atoms with Crippen molar-refractivity contribution in [3.63, 3.8) is 0 Å². The number of aromatic nitrogens is 5. The lowest BCUT2D eigenvalue weighted by Crippen LogP contribution is -1.96. The summed E-state index contributed by atoms with van der Waals surface area (Å²) in [6, 6.07) is 10.2. The monoisotopic (exact) mass is 616 g/mol. The maximum absolute atomic E-state index is 6.32. The van der Waals surface area contributed by atoms with E-state index in [0.29, 0.717) is 11.5 Å². The summed E-state index contributed by atoms with van der Waals surface area (Å²) in [6.07, 6.45) is 2.58. The van der Waals surface area contributed by atoms with E-state index in [2.05, 4.69) is 79.2 Å². The Bertz CT molecular complexity index is 1200. The Hall–Kier alpha value is -1.35. The Morgan fingerprint density at radius 3 is 2.30 bits per heavy atom. The van der Waals surface area contributed by atoms with Gasteiger partial charge in [-0.1, -0.05) is 45.4 Å². The highest BCUT2D eigenvalue weighted by Crippen LogP contribution is 2.37. The molecule has 0 aliphatic carbocycles. The molecule has 33 heavy (non-hydrogen) atoms. The molecule has 178 valence electrons. The van der Waals surface area contributed by atoms with Crippen LogP contribution in [0.1, 0.15) is 39.2 Å². The van der Waals surface area contributed by atoms with Gasteiger partial charge in [0.15, 0.2) is 5.65 Å². The van der Waals surface area contributed by atoms with Crippen molar-refractivity contribution >= 4 is 74.3 Å². The Morgan fingerprint density at radius 2 is 1.73 bits per heavy atom. The van der Waals surface area contributed by atoms with Crippen molar-refractivity contribution in [3.05, 3.63) is 47.0 Å². The molecule has 0 saturated carbocycles. The summed E-state index contributed by atoms with van der Waals surface area (Å²) in [7, 11) is 1.96. The van der Waals surface area contributed by atoms with Crippen molar-refractivity contribution < 1.29 is 0 Å². The van der Waals surface area contributed by atoms with E-state index in [1.807, 2.05) is 52.4 Å². The number of pyridine rings is 1. The first kappa shape index (κ1) is 27.9. The zero-order valence-electron chi connectivity index (χ0n) is 20.3. The van der Waals surface area contributed by atoms with Gasteiger partial charge in [-0.3, -0.25) is 9.02 Å². The summed E-state index contributed by atoms with van der Waals surface area (Å²) in [5, 5.41) is 8.56. The van der Waals surface area contributed by atoms with Gasteiger partial charge in [0, 0.05) is 29.3 Å². The van der Waals surface area contributed by atoms with Crippen LogP contribution in [-0.2, 0) is 7.05 Å². The van der Waals surface area contributed by atoms with Crippen molar-refractivity contribution in [1.29, 1.82) is 0 Å². The summed E-state index contributed by atoms with van der Waals surface area (Å²) in [5.41, 5.74) is 6.67. The molecule has 4 rings (SSSR count). The fourth-order valence-corrected chi connectivity index (χ4v) is 6.04. The average molecular weight is 617 g/mol. The molecule has 0 amide bonds. The van der Waals surface area contributed by atoms with Crippen LogP contribution in [0.3, 0.4) is 0 Å². The summed E-state index contributed by atoms with van der Waals surface area (Å²) >= 11 is 10.3. The first-order valence-electron chi connectivity index (χ1n) is 10.8. The lowest BCUT2D eigenvalue weighted by atomic mass is 10.1. The van der Waals surface area contributed by atoms with Crippen molar-refractivity contribution in [2.75, 3.05) is 11.6 Å². The van der Waals surface area contributed by atoms with Crippen molar-refractivity contribution in [3.8, 4) is 11.3 Å². The summed E-state index contributed by atoms with van der Waals surface area (Å²) in [4.78, 5) is 10.3. The van der Waals surface area contributed by atoms with Crippen LogP contribution >= 0.6 is 51.8 Å². The van der Waals surface area contributed by atoms with Crippen molar-refractivity contribution in [1.82, 2.24) is 24.1 Å². The molecule has 0 aliphatic heterocycles. The summed E-state index contributed by atoms with van der Waals surface area (Å²) in [5.74, 6) is 0.927. The fourth-order valence-electron chi connectivity index (χ4n) is 3.12. The van der Waals surface area contributed by atoms with Gasteiger partial charge in [-0.15, -0.1) is 11.8 Å². The standard InChI is InChI=1S/C19H19ClIN6PS.2C2H6/c1-10-7-14(25-26(10)3)12-5-6-13(16(8-12)29-4)23-15-9-17(20)24-19-18(15)22-11(2)27(19)28-21;2*1-2/h5-9,28H,1-4H3,(H,23,24);2*1-2H3. The van der Waals surface area contributed by atoms with E-state index in [1.165, 1.54) is 0 Å². The van der Waals surface area contributed by atoms with Gasteiger partial charge in [0.25, 0.3) is 0 Å². The number of thioether (sulfide) groups is 1. The molecule has 10 heteroatoms. The largest absolute Gasteiger partial charge is 0.353 e. The Labute approximate surface area is 220 Å². The van der Waals surface area contributed by atoms with Gasteiger partial charge in [0.1, 0.15) is 16.5 Å². The third-order valence-corrected chi connectivity index (χ3v) is 7.84. The van der Waals surface area contributed by atoms with Gasteiger partial charge in [-0.25, -0.2) is 9.97 Å². The van der Waals surface area contributed by atoms with Gasteiger partial charge < -0.3 is 5.32 Å². The second-order valence-corrected chi connectivity index (χ2v) is 9.88. The van der Waals surface area contributed by atoms with Crippen LogP contribution in [0, 0.1) is 13.8 Å². The average Bonchev–Trinajstić information content (AvgIpc) is 3.34. The maximum Gasteiger partial charge on any atom is 0.167 e. The van der Waals surface area contributed by atoms with E-state index >= 15 is 0 Å². The lowest BCUT2D eigenvalue weighted by Gasteiger charge is -2.13. The smallest absolute Gasteiger partial charge is 0.167 e.